The Hall–Kier alpha value is -2.84. The monoisotopic (exact) mass is 404 g/mol. The molecule has 2 rings (SSSR count). The molecule has 0 aromatic heterocycles. The van der Waals surface area contributed by atoms with Gasteiger partial charge in [0.15, 0.2) is 0 Å². The highest BCUT2D eigenvalue weighted by atomic mass is 32.2. The van der Waals surface area contributed by atoms with Gasteiger partial charge in [0.25, 0.3) is 0 Å². The number of anilines is 1. The Morgan fingerprint density at radius 2 is 1.89 bits per heavy atom. The first-order chi connectivity index (χ1) is 13.3. The van der Waals surface area contributed by atoms with Gasteiger partial charge in [0.2, 0.25) is 10.0 Å². The number of sulfonamides is 1. The fraction of sp³-hybridized carbons (Fsp3) is 0.250. The van der Waals surface area contributed by atoms with Crippen molar-refractivity contribution in [2.45, 2.75) is 17.4 Å². The van der Waals surface area contributed by atoms with Crippen LogP contribution < -0.4 is 5.73 Å². The summed E-state index contributed by atoms with van der Waals surface area (Å²) in [5, 5.41) is 0. The van der Waals surface area contributed by atoms with E-state index >= 15 is 0 Å². The third kappa shape index (κ3) is 5.34. The van der Waals surface area contributed by atoms with Crippen LogP contribution in [0.25, 0.3) is 0 Å². The molecule has 0 aliphatic heterocycles. The molecule has 0 aliphatic carbocycles. The highest BCUT2D eigenvalue weighted by Crippen LogP contribution is 2.28. The molecule has 0 amide bonds. The minimum atomic E-state index is -3.59. The van der Waals surface area contributed by atoms with Gasteiger partial charge < -0.3 is 15.2 Å². The van der Waals surface area contributed by atoms with E-state index in [1.54, 1.807) is 6.07 Å². The van der Waals surface area contributed by atoms with Gasteiger partial charge in [0.1, 0.15) is 12.7 Å². The molecule has 0 radical (unpaired) electrons. The number of ether oxygens (including phenoxy) is 2. The molecule has 7 nitrogen and oxygen atoms in total. The summed E-state index contributed by atoms with van der Waals surface area (Å²) < 4.78 is 36.0. The molecule has 0 bridgehead atoms. The van der Waals surface area contributed by atoms with Crippen molar-refractivity contribution in [2.24, 2.45) is 0 Å². The average molecular weight is 404 g/mol. The second kappa shape index (κ2) is 9.38. The lowest BCUT2D eigenvalue weighted by Gasteiger charge is -2.19. The first-order valence-electron chi connectivity index (χ1n) is 8.56. The van der Waals surface area contributed by atoms with Gasteiger partial charge in [-0.25, -0.2) is 17.5 Å². The lowest BCUT2D eigenvalue weighted by Crippen LogP contribution is -2.22. The van der Waals surface area contributed by atoms with Gasteiger partial charge in [-0.1, -0.05) is 49.1 Å². The van der Waals surface area contributed by atoms with Crippen LogP contribution in [0.2, 0.25) is 0 Å². The summed E-state index contributed by atoms with van der Waals surface area (Å²) in [6, 6.07) is 13.7. The zero-order chi connectivity index (χ0) is 20.7. The fourth-order valence-electron chi connectivity index (χ4n) is 2.50. The molecule has 1 unspecified atom stereocenters. The third-order valence-electron chi connectivity index (χ3n) is 4.03. The highest BCUT2D eigenvalue weighted by molar-refractivity contribution is 7.89. The summed E-state index contributed by atoms with van der Waals surface area (Å²) in [7, 11) is -0.684. The van der Waals surface area contributed by atoms with Crippen molar-refractivity contribution in [1.82, 2.24) is 4.31 Å². The SMILES string of the molecule is C=CCOC(=O)OC(Cc1ccc(S(=O)(=O)N(C)C)cc1N)c1ccccc1. The average Bonchev–Trinajstić information content (AvgIpc) is 2.67. The summed E-state index contributed by atoms with van der Waals surface area (Å²) in [6.07, 6.45) is 0.249. The first-order valence-corrected chi connectivity index (χ1v) is 10.00. The van der Waals surface area contributed by atoms with E-state index in [9.17, 15) is 13.2 Å². The lowest BCUT2D eigenvalue weighted by molar-refractivity contribution is 0.0290. The molecule has 28 heavy (non-hydrogen) atoms. The molecule has 0 heterocycles. The van der Waals surface area contributed by atoms with Crippen molar-refractivity contribution in [3.05, 3.63) is 72.3 Å². The normalized spacial score (nSPS) is 12.4. The number of nitrogens with zero attached hydrogens (tertiary/aromatic N) is 1. The van der Waals surface area contributed by atoms with Gasteiger partial charge in [-0.15, -0.1) is 0 Å². The summed E-state index contributed by atoms with van der Waals surface area (Å²) >= 11 is 0. The smallest absolute Gasteiger partial charge is 0.430 e. The predicted molar refractivity (Wildman–Crippen MR) is 107 cm³/mol. The second-order valence-electron chi connectivity index (χ2n) is 6.22. The number of rotatable bonds is 8. The van der Waals surface area contributed by atoms with Crippen molar-refractivity contribution >= 4 is 21.9 Å². The molecule has 0 aliphatic rings. The van der Waals surface area contributed by atoms with Crippen molar-refractivity contribution in [2.75, 3.05) is 26.4 Å². The molecule has 8 heteroatoms. The van der Waals surface area contributed by atoms with Crippen molar-refractivity contribution in [3.8, 4) is 0 Å². The number of nitrogen functional groups attached to an aromatic ring is 1. The maximum atomic E-state index is 12.3. The molecule has 0 saturated heterocycles. The standard InChI is InChI=1S/C20H24N2O5S/c1-4-12-26-20(23)27-19(15-8-6-5-7-9-15)13-16-10-11-17(14-18(16)21)28(24,25)22(2)3/h4-11,14,19H,1,12-13,21H2,2-3H3. The fourth-order valence-corrected chi connectivity index (χ4v) is 3.44. The van der Waals surface area contributed by atoms with E-state index < -0.39 is 22.3 Å². The van der Waals surface area contributed by atoms with Gasteiger partial charge in [-0.05, 0) is 23.3 Å². The largest absolute Gasteiger partial charge is 0.509 e. The van der Waals surface area contributed by atoms with Crippen molar-refractivity contribution < 1.29 is 22.7 Å². The van der Waals surface area contributed by atoms with Gasteiger partial charge in [0, 0.05) is 26.2 Å². The predicted octanol–water partition coefficient (Wildman–Crippen LogP) is 3.14. The number of benzene rings is 2. The molecule has 2 aromatic carbocycles. The number of nitrogens with two attached hydrogens (primary N) is 1. The minimum absolute atomic E-state index is 0.0412. The first kappa shape index (κ1) is 21.5. The molecule has 0 saturated carbocycles. The van der Waals surface area contributed by atoms with Gasteiger partial charge in [0.05, 0.1) is 4.90 Å². The molecule has 0 fully saturated rings. The van der Waals surface area contributed by atoms with Gasteiger partial charge >= 0.3 is 6.16 Å². The Morgan fingerprint density at radius 1 is 1.21 bits per heavy atom. The van der Waals surface area contributed by atoms with E-state index in [0.717, 1.165) is 9.87 Å². The van der Waals surface area contributed by atoms with Crippen LogP contribution in [0, 0.1) is 0 Å². The lowest BCUT2D eigenvalue weighted by atomic mass is 10.00. The van der Waals surface area contributed by atoms with E-state index in [2.05, 4.69) is 6.58 Å². The molecule has 2 N–H and O–H groups in total. The number of carbonyl (C=O) groups is 1. The number of hydrogen-bond acceptors (Lipinski definition) is 6. The zero-order valence-corrected chi connectivity index (χ0v) is 16.7. The van der Waals surface area contributed by atoms with Gasteiger partial charge in [-0.3, -0.25) is 0 Å². The van der Waals surface area contributed by atoms with E-state index in [1.807, 2.05) is 30.3 Å². The maximum absolute atomic E-state index is 12.3. The quantitative estimate of drug-likeness (QED) is 0.412. The van der Waals surface area contributed by atoms with Crippen LogP contribution in [0.15, 0.2) is 66.1 Å². The van der Waals surface area contributed by atoms with Crippen molar-refractivity contribution in [3.63, 3.8) is 0 Å². The van der Waals surface area contributed by atoms with Crippen molar-refractivity contribution in [1.29, 1.82) is 0 Å². The zero-order valence-electron chi connectivity index (χ0n) is 15.9. The Labute approximate surface area is 165 Å². The summed E-state index contributed by atoms with van der Waals surface area (Å²) in [6.45, 7) is 3.53. The van der Waals surface area contributed by atoms with E-state index in [1.165, 1.54) is 32.3 Å². The van der Waals surface area contributed by atoms with Crippen LogP contribution in [0.4, 0.5) is 10.5 Å². The molecule has 1 atom stereocenters. The van der Waals surface area contributed by atoms with Crippen LogP contribution in [0.5, 0.6) is 0 Å². The Morgan fingerprint density at radius 3 is 2.46 bits per heavy atom. The van der Waals surface area contributed by atoms with E-state index in [4.69, 9.17) is 15.2 Å². The Kier molecular flexibility index (Phi) is 7.19. The van der Waals surface area contributed by atoms with Crippen LogP contribution in [0.1, 0.15) is 17.2 Å². The highest BCUT2D eigenvalue weighted by Gasteiger charge is 2.22. The molecule has 150 valence electrons. The molecular weight excluding hydrogens is 380 g/mol. The van der Waals surface area contributed by atoms with E-state index in [-0.39, 0.29) is 17.9 Å². The Bertz CT molecular complexity index is 927. The van der Waals surface area contributed by atoms with Gasteiger partial charge in [-0.2, -0.15) is 0 Å². The van der Waals surface area contributed by atoms with Crippen LogP contribution in [-0.2, 0) is 25.9 Å². The molecule has 0 spiro atoms. The third-order valence-corrected chi connectivity index (χ3v) is 5.84. The number of carbonyl (C=O) groups excluding carboxylic acids is 1. The topological polar surface area (TPSA) is 98.9 Å². The summed E-state index contributed by atoms with van der Waals surface area (Å²) in [5.74, 6) is 0. The minimum Gasteiger partial charge on any atom is -0.430 e. The number of hydrogen-bond donors (Lipinski definition) is 1. The van der Waals surface area contributed by atoms with E-state index in [0.29, 0.717) is 11.3 Å². The summed E-state index contributed by atoms with van der Waals surface area (Å²) in [4.78, 5) is 12.0. The second-order valence-corrected chi connectivity index (χ2v) is 8.37. The molecule has 2 aromatic rings. The maximum Gasteiger partial charge on any atom is 0.509 e. The molecular formula is C20H24N2O5S. The Balaban J connectivity index is 2.28. The summed E-state index contributed by atoms with van der Waals surface area (Å²) in [5.41, 5.74) is 7.81. The van der Waals surface area contributed by atoms with Crippen LogP contribution in [-0.4, -0.2) is 39.6 Å². The van der Waals surface area contributed by atoms with Crippen LogP contribution in [0.3, 0.4) is 0 Å². The van der Waals surface area contributed by atoms with Crippen LogP contribution >= 0.6 is 0 Å².